The second kappa shape index (κ2) is 19.3. The summed E-state index contributed by atoms with van der Waals surface area (Å²) in [7, 11) is -3.78. The number of thioether (sulfide) groups is 1. The summed E-state index contributed by atoms with van der Waals surface area (Å²) in [4.78, 5) is 17.5. The van der Waals surface area contributed by atoms with Gasteiger partial charge in [-0.1, -0.05) is 103 Å². The van der Waals surface area contributed by atoms with Gasteiger partial charge in [0.2, 0.25) is 0 Å². The molecular weight excluding hydrogens is 351 g/mol. The number of hydrogen-bond donors (Lipinski definition) is 2. The van der Waals surface area contributed by atoms with Gasteiger partial charge in [0.05, 0.1) is 6.16 Å². The highest BCUT2D eigenvalue weighted by molar-refractivity contribution is 7.99. The van der Waals surface area contributed by atoms with Gasteiger partial charge in [-0.05, 0) is 12.2 Å². The zero-order chi connectivity index (χ0) is 18.6. The van der Waals surface area contributed by atoms with Crippen molar-refractivity contribution >= 4 is 19.4 Å². The summed E-state index contributed by atoms with van der Waals surface area (Å²) in [5.74, 6) is 1.63. The molecule has 0 spiro atoms. The van der Waals surface area contributed by atoms with Crippen LogP contribution in [0.2, 0.25) is 0 Å². The van der Waals surface area contributed by atoms with Crippen LogP contribution in [0.25, 0.3) is 0 Å². The monoisotopic (exact) mass is 394 g/mol. The van der Waals surface area contributed by atoms with Crippen LogP contribution in [0.5, 0.6) is 0 Å². The summed E-state index contributed by atoms with van der Waals surface area (Å²) in [6, 6.07) is 0. The van der Waals surface area contributed by atoms with E-state index in [4.69, 9.17) is 9.79 Å². The Hall–Kier alpha value is 0.500. The fraction of sp³-hybridized carbons (Fsp3) is 1.00. The van der Waals surface area contributed by atoms with E-state index in [1.807, 2.05) is 0 Å². The maximum absolute atomic E-state index is 10.7. The fourth-order valence-corrected chi connectivity index (χ4v) is 5.12. The quantitative estimate of drug-likeness (QED) is 0.170. The first-order valence-electron chi connectivity index (χ1n) is 10.7. The molecule has 0 rings (SSSR count). The van der Waals surface area contributed by atoms with E-state index in [1.54, 1.807) is 11.8 Å². The minimum absolute atomic E-state index is 0.0243. The van der Waals surface area contributed by atoms with Crippen molar-refractivity contribution in [3.05, 3.63) is 0 Å². The number of rotatable bonds is 20. The first-order chi connectivity index (χ1) is 12.1. The Morgan fingerprint density at radius 1 is 0.600 bits per heavy atom. The molecule has 0 aliphatic carbocycles. The Labute approximate surface area is 161 Å². The van der Waals surface area contributed by atoms with Gasteiger partial charge in [0.15, 0.2) is 0 Å². The Balaban J connectivity index is 3.02. The van der Waals surface area contributed by atoms with Gasteiger partial charge in [-0.15, -0.1) is 0 Å². The van der Waals surface area contributed by atoms with Crippen LogP contribution < -0.4 is 0 Å². The molecule has 0 fully saturated rings. The first kappa shape index (κ1) is 25.5. The Morgan fingerprint density at radius 3 is 1.32 bits per heavy atom. The van der Waals surface area contributed by atoms with E-state index in [0.29, 0.717) is 5.75 Å². The second-order valence-corrected chi connectivity index (χ2v) is 10.3. The SMILES string of the molecule is CCCCCCCCCCCCCCCCCCSCCP(=O)(O)O. The van der Waals surface area contributed by atoms with Crippen LogP contribution in [0, 0.1) is 0 Å². The van der Waals surface area contributed by atoms with Crippen LogP contribution in [0.3, 0.4) is 0 Å². The summed E-state index contributed by atoms with van der Waals surface area (Å²) in [5.41, 5.74) is 0. The Bertz CT molecular complexity index is 307. The van der Waals surface area contributed by atoms with E-state index in [-0.39, 0.29) is 6.16 Å². The van der Waals surface area contributed by atoms with Gasteiger partial charge in [-0.25, -0.2) is 0 Å². The highest BCUT2D eigenvalue weighted by atomic mass is 32.2. The molecule has 0 amide bonds. The molecule has 0 heterocycles. The van der Waals surface area contributed by atoms with Crippen molar-refractivity contribution in [2.75, 3.05) is 17.7 Å². The van der Waals surface area contributed by atoms with Crippen molar-refractivity contribution in [3.63, 3.8) is 0 Å². The van der Waals surface area contributed by atoms with Gasteiger partial charge in [-0.2, -0.15) is 11.8 Å². The average molecular weight is 395 g/mol. The standard InChI is InChI=1S/C20H43O3PS/c1-2-3-4-5-6-7-8-9-10-11-12-13-14-15-16-17-19-25-20-18-24(21,22)23/h2-20H2,1H3,(H2,21,22,23). The highest BCUT2D eigenvalue weighted by Gasteiger charge is 2.11. The third-order valence-corrected chi connectivity index (χ3v) is 6.85. The molecule has 0 aromatic carbocycles. The molecule has 0 saturated carbocycles. The molecule has 0 aromatic heterocycles. The van der Waals surface area contributed by atoms with Crippen molar-refractivity contribution in [1.82, 2.24) is 0 Å². The van der Waals surface area contributed by atoms with Crippen molar-refractivity contribution in [3.8, 4) is 0 Å². The van der Waals surface area contributed by atoms with E-state index < -0.39 is 7.60 Å². The number of hydrogen-bond acceptors (Lipinski definition) is 2. The van der Waals surface area contributed by atoms with Crippen LogP contribution in [0.15, 0.2) is 0 Å². The topological polar surface area (TPSA) is 57.5 Å². The maximum Gasteiger partial charge on any atom is 0.326 e. The first-order valence-corrected chi connectivity index (χ1v) is 13.6. The minimum atomic E-state index is -3.78. The van der Waals surface area contributed by atoms with Crippen molar-refractivity contribution in [2.24, 2.45) is 0 Å². The highest BCUT2D eigenvalue weighted by Crippen LogP contribution is 2.34. The van der Waals surface area contributed by atoms with Crippen LogP contribution in [-0.2, 0) is 4.57 Å². The molecule has 152 valence electrons. The third kappa shape index (κ3) is 24.5. The van der Waals surface area contributed by atoms with Gasteiger partial charge >= 0.3 is 7.60 Å². The van der Waals surface area contributed by atoms with E-state index in [0.717, 1.165) is 5.75 Å². The molecule has 3 nitrogen and oxygen atoms in total. The van der Waals surface area contributed by atoms with Crippen molar-refractivity contribution in [2.45, 2.75) is 110 Å². The lowest BCUT2D eigenvalue weighted by molar-refractivity contribution is 0.375. The molecule has 0 radical (unpaired) electrons. The van der Waals surface area contributed by atoms with Gasteiger partial charge in [0.25, 0.3) is 0 Å². The molecule has 5 heteroatoms. The Morgan fingerprint density at radius 2 is 0.960 bits per heavy atom. The molecule has 0 unspecified atom stereocenters. The molecule has 0 aliphatic heterocycles. The summed E-state index contributed by atoms with van der Waals surface area (Å²) >= 11 is 1.67. The van der Waals surface area contributed by atoms with Crippen LogP contribution in [0.1, 0.15) is 110 Å². The van der Waals surface area contributed by atoms with E-state index >= 15 is 0 Å². The van der Waals surface area contributed by atoms with Crippen molar-refractivity contribution < 1.29 is 14.4 Å². The zero-order valence-electron chi connectivity index (χ0n) is 16.6. The minimum Gasteiger partial charge on any atom is -0.324 e. The van der Waals surface area contributed by atoms with E-state index in [2.05, 4.69) is 6.92 Å². The normalized spacial score (nSPS) is 12.0. The lowest BCUT2D eigenvalue weighted by atomic mass is 10.0. The smallest absolute Gasteiger partial charge is 0.324 e. The van der Waals surface area contributed by atoms with Crippen LogP contribution >= 0.6 is 19.4 Å². The fourth-order valence-electron chi connectivity index (χ4n) is 3.04. The number of unbranched alkanes of at least 4 members (excludes halogenated alkanes) is 15. The summed E-state index contributed by atoms with van der Waals surface area (Å²) in [6.45, 7) is 2.28. The summed E-state index contributed by atoms with van der Waals surface area (Å²) in [5, 5.41) is 0. The molecule has 0 aliphatic rings. The van der Waals surface area contributed by atoms with E-state index in [9.17, 15) is 4.57 Å². The largest absolute Gasteiger partial charge is 0.326 e. The molecule has 25 heavy (non-hydrogen) atoms. The molecule has 0 aromatic rings. The van der Waals surface area contributed by atoms with Crippen LogP contribution in [0.4, 0.5) is 0 Å². The van der Waals surface area contributed by atoms with Crippen molar-refractivity contribution in [1.29, 1.82) is 0 Å². The van der Waals surface area contributed by atoms with Gasteiger partial charge in [-0.3, -0.25) is 4.57 Å². The predicted octanol–water partition coefficient (Wildman–Crippen LogP) is 7.16. The zero-order valence-corrected chi connectivity index (χ0v) is 18.3. The van der Waals surface area contributed by atoms with E-state index in [1.165, 1.54) is 103 Å². The van der Waals surface area contributed by atoms with Gasteiger partial charge in [0, 0.05) is 5.75 Å². The third-order valence-electron chi connectivity index (χ3n) is 4.67. The molecular formula is C20H43O3PS. The lowest BCUT2D eigenvalue weighted by Crippen LogP contribution is -1.92. The predicted molar refractivity (Wildman–Crippen MR) is 114 cm³/mol. The molecule has 0 atom stereocenters. The summed E-state index contributed by atoms with van der Waals surface area (Å²) < 4.78 is 10.7. The second-order valence-electron chi connectivity index (χ2n) is 7.30. The van der Waals surface area contributed by atoms with Gasteiger partial charge < -0.3 is 9.79 Å². The maximum atomic E-state index is 10.7. The molecule has 0 saturated heterocycles. The summed E-state index contributed by atoms with van der Waals surface area (Å²) in [6.07, 6.45) is 22.1. The average Bonchev–Trinajstić information content (AvgIpc) is 2.56. The molecule has 0 bridgehead atoms. The lowest BCUT2D eigenvalue weighted by Gasteiger charge is -2.04. The Kier molecular flexibility index (Phi) is 19.7. The molecule has 2 N–H and O–H groups in total. The van der Waals surface area contributed by atoms with Crippen LogP contribution in [-0.4, -0.2) is 27.5 Å². The van der Waals surface area contributed by atoms with Gasteiger partial charge in [0.1, 0.15) is 0 Å².